The first kappa shape index (κ1) is 11.5. The lowest BCUT2D eigenvalue weighted by atomic mass is 9.87. The topological polar surface area (TPSA) is 29.4 Å². The molecule has 0 N–H and O–H groups in total. The van der Waals surface area contributed by atoms with Crippen molar-refractivity contribution in [3.63, 3.8) is 0 Å². The summed E-state index contributed by atoms with van der Waals surface area (Å²) in [5.41, 5.74) is 0. The first-order chi connectivity index (χ1) is 8.75. The van der Waals surface area contributed by atoms with Crippen molar-refractivity contribution in [2.75, 3.05) is 0 Å². The number of thioether (sulfide) groups is 1. The van der Waals surface area contributed by atoms with Crippen LogP contribution in [-0.2, 0) is 4.79 Å². The maximum atomic E-state index is 12.1. The fourth-order valence-electron chi connectivity index (χ4n) is 4.71. The summed E-state index contributed by atoms with van der Waals surface area (Å²) in [6, 6.07) is 0. The molecule has 3 atom stereocenters. The molecule has 4 rings (SSSR count). The Bertz CT molecular complexity index is 411. The van der Waals surface area contributed by atoms with Crippen molar-refractivity contribution in [3.05, 3.63) is 0 Å². The predicted molar refractivity (Wildman–Crippen MR) is 74.8 cm³/mol. The quantitative estimate of drug-likeness (QED) is 0.758. The lowest BCUT2D eigenvalue weighted by Gasteiger charge is -2.22. The second-order valence-corrected chi connectivity index (χ2v) is 8.21. The zero-order chi connectivity index (χ0) is 12.2. The smallest absolute Gasteiger partial charge is 0.263 e. The van der Waals surface area contributed by atoms with Crippen LogP contribution in [0.5, 0.6) is 0 Å². The standard InChI is InChI=1S/C15H21NOS/c17-14-15(5-1-2-6-15)18-13(16-14)9-12-8-10-3-4-11(12)7-10/h10-12H,1-9H2/t10-,11+,12-/m0/s1. The number of hydrogen-bond acceptors (Lipinski definition) is 2. The molecule has 0 aromatic carbocycles. The molecular formula is C15H21NOS. The Morgan fingerprint density at radius 1 is 1.22 bits per heavy atom. The minimum atomic E-state index is -0.104. The van der Waals surface area contributed by atoms with E-state index in [4.69, 9.17) is 0 Å². The van der Waals surface area contributed by atoms with Crippen molar-refractivity contribution < 1.29 is 4.79 Å². The van der Waals surface area contributed by atoms with Gasteiger partial charge in [0.05, 0.1) is 5.04 Å². The fourth-order valence-corrected chi connectivity index (χ4v) is 6.21. The number of rotatable bonds is 2. The number of amides is 1. The lowest BCUT2D eigenvalue weighted by molar-refractivity contribution is -0.119. The molecule has 0 saturated heterocycles. The van der Waals surface area contributed by atoms with Crippen LogP contribution in [0.3, 0.4) is 0 Å². The van der Waals surface area contributed by atoms with E-state index >= 15 is 0 Å². The van der Waals surface area contributed by atoms with Crippen LogP contribution in [0, 0.1) is 17.8 Å². The third-order valence-corrected chi connectivity index (χ3v) is 7.13. The van der Waals surface area contributed by atoms with Gasteiger partial charge in [0.1, 0.15) is 4.75 Å². The van der Waals surface area contributed by atoms with Gasteiger partial charge in [-0.25, -0.2) is 4.99 Å². The van der Waals surface area contributed by atoms with E-state index in [0.29, 0.717) is 0 Å². The largest absolute Gasteiger partial charge is 0.271 e. The molecule has 0 unspecified atom stereocenters. The van der Waals surface area contributed by atoms with Crippen molar-refractivity contribution in [2.24, 2.45) is 22.7 Å². The Labute approximate surface area is 113 Å². The van der Waals surface area contributed by atoms with Crippen molar-refractivity contribution in [1.82, 2.24) is 0 Å². The van der Waals surface area contributed by atoms with E-state index in [-0.39, 0.29) is 10.7 Å². The van der Waals surface area contributed by atoms with Crippen LogP contribution < -0.4 is 0 Å². The predicted octanol–water partition coefficient (Wildman–Crippen LogP) is 3.80. The molecule has 1 spiro atoms. The Balaban J connectivity index is 1.44. The van der Waals surface area contributed by atoms with E-state index in [1.807, 2.05) is 11.8 Å². The van der Waals surface area contributed by atoms with E-state index in [1.54, 1.807) is 0 Å². The molecule has 3 heteroatoms. The van der Waals surface area contributed by atoms with Crippen LogP contribution >= 0.6 is 11.8 Å². The number of carbonyl (C=O) groups is 1. The van der Waals surface area contributed by atoms with Crippen LogP contribution in [0.4, 0.5) is 0 Å². The maximum Gasteiger partial charge on any atom is 0.263 e. The molecule has 0 aromatic heterocycles. The summed E-state index contributed by atoms with van der Waals surface area (Å²) < 4.78 is -0.104. The van der Waals surface area contributed by atoms with Crippen LogP contribution in [0.2, 0.25) is 0 Å². The van der Waals surface area contributed by atoms with Crippen LogP contribution in [-0.4, -0.2) is 15.7 Å². The van der Waals surface area contributed by atoms with Crippen LogP contribution in [0.15, 0.2) is 4.99 Å². The highest BCUT2D eigenvalue weighted by molar-refractivity contribution is 8.16. The van der Waals surface area contributed by atoms with Crippen molar-refractivity contribution in [2.45, 2.75) is 62.5 Å². The van der Waals surface area contributed by atoms with Gasteiger partial charge in [0.25, 0.3) is 5.91 Å². The van der Waals surface area contributed by atoms with Crippen LogP contribution in [0.25, 0.3) is 0 Å². The average molecular weight is 263 g/mol. The summed E-state index contributed by atoms with van der Waals surface area (Å²) in [4.78, 5) is 16.5. The number of aliphatic imine (C=N–C) groups is 1. The van der Waals surface area contributed by atoms with Gasteiger partial charge in [-0.1, -0.05) is 31.0 Å². The normalized spacial score (nSPS) is 41.0. The Morgan fingerprint density at radius 3 is 2.72 bits per heavy atom. The van der Waals surface area contributed by atoms with Crippen LogP contribution in [0.1, 0.15) is 57.8 Å². The van der Waals surface area contributed by atoms with Gasteiger partial charge >= 0.3 is 0 Å². The molecule has 1 heterocycles. The minimum Gasteiger partial charge on any atom is -0.271 e. The number of nitrogens with zero attached hydrogens (tertiary/aromatic N) is 1. The molecule has 0 aromatic rings. The Hall–Kier alpha value is -0.310. The number of fused-ring (bicyclic) bond motifs is 2. The van der Waals surface area contributed by atoms with E-state index in [9.17, 15) is 4.79 Å². The molecule has 0 radical (unpaired) electrons. The van der Waals surface area contributed by atoms with Gasteiger partial charge in [-0.15, -0.1) is 0 Å². The summed E-state index contributed by atoms with van der Waals surface area (Å²) in [6.45, 7) is 0. The number of hydrogen-bond donors (Lipinski definition) is 0. The lowest BCUT2D eigenvalue weighted by Crippen LogP contribution is -2.26. The van der Waals surface area contributed by atoms with Gasteiger partial charge in [0.15, 0.2) is 0 Å². The monoisotopic (exact) mass is 263 g/mol. The van der Waals surface area contributed by atoms with Gasteiger partial charge < -0.3 is 0 Å². The van der Waals surface area contributed by atoms with Crippen molar-refractivity contribution in [1.29, 1.82) is 0 Å². The summed E-state index contributed by atoms with van der Waals surface area (Å²) >= 11 is 1.84. The SMILES string of the molecule is O=C1N=C(C[C@@H]2C[C@H]3CC[C@@H]2C3)SC12CCCC2. The third kappa shape index (κ3) is 1.70. The van der Waals surface area contributed by atoms with Gasteiger partial charge in [0.2, 0.25) is 0 Å². The first-order valence-corrected chi connectivity index (χ1v) is 8.38. The summed E-state index contributed by atoms with van der Waals surface area (Å²) in [5.74, 6) is 3.00. The molecule has 2 nitrogen and oxygen atoms in total. The second kappa shape index (κ2) is 4.09. The van der Waals surface area contributed by atoms with E-state index in [1.165, 1.54) is 43.6 Å². The molecule has 3 fully saturated rings. The molecule has 18 heavy (non-hydrogen) atoms. The summed E-state index contributed by atoms with van der Waals surface area (Å²) in [6.07, 6.45) is 11.5. The van der Waals surface area contributed by atoms with Gasteiger partial charge in [-0.05, 0) is 56.3 Å². The molecule has 2 bridgehead atoms. The molecule has 3 aliphatic carbocycles. The Morgan fingerprint density at radius 2 is 2.06 bits per heavy atom. The first-order valence-electron chi connectivity index (χ1n) is 7.56. The second-order valence-electron chi connectivity index (χ2n) is 6.75. The molecule has 98 valence electrons. The zero-order valence-corrected chi connectivity index (χ0v) is 11.7. The molecule has 4 aliphatic rings. The van der Waals surface area contributed by atoms with Gasteiger partial charge in [-0.2, -0.15) is 0 Å². The number of carbonyl (C=O) groups excluding carboxylic acids is 1. The highest BCUT2D eigenvalue weighted by Gasteiger charge is 2.48. The molecule has 1 amide bonds. The third-order valence-electron chi connectivity index (χ3n) is 5.66. The highest BCUT2D eigenvalue weighted by Crippen LogP contribution is 2.53. The average Bonchev–Trinajstić information content (AvgIpc) is 3.06. The maximum absolute atomic E-state index is 12.1. The van der Waals surface area contributed by atoms with Gasteiger partial charge in [0, 0.05) is 0 Å². The Kier molecular flexibility index (Phi) is 2.62. The fraction of sp³-hybridized carbons (Fsp3) is 0.867. The van der Waals surface area contributed by atoms with Crippen molar-refractivity contribution >= 4 is 22.7 Å². The van der Waals surface area contributed by atoms with Crippen molar-refractivity contribution in [3.8, 4) is 0 Å². The molecular weight excluding hydrogens is 242 g/mol. The van der Waals surface area contributed by atoms with E-state index in [2.05, 4.69) is 4.99 Å². The zero-order valence-electron chi connectivity index (χ0n) is 10.9. The van der Waals surface area contributed by atoms with E-state index < -0.39 is 0 Å². The molecule has 1 aliphatic heterocycles. The van der Waals surface area contributed by atoms with Gasteiger partial charge in [-0.3, -0.25) is 4.79 Å². The highest BCUT2D eigenvalue weighted by atomic mass is 32.2. The summed E-state index contributed by atoms with van der Waals surface area (Å²) in [5, 5.41) is 1.18. The molecule has 3 saturated carbocycles. The minimum absolute atomic E-state index is 0.104. The van der Waals surface area contributed by atoms with E-state index in [0.717, 1.165) is 37.0 Å². The summed E-state index contributed by atoms with van der Waals surface area (Å²) in [7, 11) is 0.